The van der Waals surface area contributed by atoms with Crippen LogP contribution in [0.25, 0.3) is 10.8 Å². The third-order valence-electron chi connectivity index (χ3n) is 5.59. The van der Waals surface area contributed by atoms with Crippen molar-refractivity contribution < 1.29 is 9.59 Å². The number of fused-ring (bicyclic) bond motifs is 1. The van der Waals surface area contributed by atoms with Crippen LogP contribution >= 0.6 is 23.2 Å². The van der Waals surface area contributed by atoms with E-state index in [0.29, 0.717) is 28.6 Å². The second-order valence-electron chi connectivity index (χ2n) is 7.83. The number of benzene rings is 3. The first kappa shape index (κ1) is 24.1. The van der Waals surface area contributed by atoms with Crippen molar-refractivity contribution in [3.8, 4) is 0 Å². The third-order valence-corrected chi connectivity index (χ3v) is 6.30. The molecule has 0 aromatic heterocycles. The number of carbonyl (C=O) groups is 2. The number of amides is 2. The number of nitrogens with one attached hydrogen (secondary N) is 1. The standard InChI is InChI=1S/C26H28Cl2N2O2/c1-3-16-29-26(32)18(2)30(17-22-23(27)12-7-13-24(22)28)25(31)15-14-20-10-6-9-19-8-4-5-11-21(19)20/h4-13,18H,3,14-17H2,1-2H3,(H,29,32)/t18-/m1/s1. The molecule has 32 heavy (non-hydrogen) atoms. The fourth-order valence-corrected chi connectivity index (χ4v) is 4.24. The van der Waals surface area contributed by atoms with E-state index in [1.165, 1.54) is 0 Å². The maximum atomic E-state index is 13.4. The summed E-state index contributed by atoms with van der Waals surface area (Å²) in [5, 5.41) is 6.12. The van der Waals surface area contributed by atoms with E-state index < -0.39 is 6.04 Å². The van der Waals surface area contributed by atoms with Crippen molar-refractivity contribution >= 4 is 45.8 Å². The monoisotopic (exact) mass is 470 g/mol. The number of carbonyl (C=O) groups excluding carboxylic acids is 2. The summed E-state index contributed by atoms with van der Waals surface area (Å²) < 4.78 is 0. The molecule has 0 radical (unpaired) electrons. The highest BCUT2D eigenvalue weighted by Gasteiger charge is 2.27. The van der Waals surface area contributed by atoms with Crippen LogP contribution in [0.15, 0.2) is 60.7 Å². The largest absolute Gasteiger partial charge is 0.354 e. The number of hydrogen-bond acceptors (Lipinski definition) is 2. The Labute approximate surface area is 199 Å². The van der Waals surface area contributed by atoms with E-state index in [1.54, 1.807) is 30.0 Å². The van der Waals surface area contributed by atoms with Gasteiger partial charge in [-0.3, -0.25) is 9.59 Å². The molecule has 0 unspecified atom stereocenters. The van der Waals surface area contributed by atoms with E-state index in [2.05, 4.69) is 23.5 Å². The quantitative estimate of drug-likeness (QED) is 0.415. The molecule has 1 N–H and O–H groups in total. The minimum atomic E-state index is -0.645. The molecule has 0 aliphatic heterocycles. The van der Waals surface area contributed by atoms with Gasteiger partial charge in [-0.2, -0.15) is 0 Å². The highest BCUT2D eigenvalue weighted by atomic mass is 35.5. The van der Waals surface area contributed by atoms with Crippen molar-refractivity contribution in [1.82, 2.24) is 10.2 Å². The number of rotatable bonds is 9. The first-order valence-corrected chi connectivity index (χ1v) is 11.6. The second kappa shape index (κ2) is 11.3. The molecule has 6 heteroatoms. The molecule has 0 spiro atoms. The first-order chi connectivity index (χ1) is 15.4. The van der Waals surface area contributed by atoms with Crippen molar-refractivity contribution in [2.75, 3.05) is 6.54 Å². The van der Waals surface area contributed by atoms with Gasteiger partial charge < -0.3 is 10.2 Å². The van der Waals surface area contributed by atoms with Crippen molar-refractivity contribution in [2.45, 2.75) is 45.7 Å². The summed E-state index contributed by atoms with van der Waals surface area (Å²) in [5.41, 5.74) is 1.75. The Hall–Kier alpha value is -2.56. The number of aryl methyl sites for hydroxylation is 1. The van der Waals surface area contributed by atoms with E-state index in [-0.39, 0.29) is 24.8 Å². The molecule has 168 valence electrons. The average molecular weight is 471 g/mol. The number of halogens is 2. The maximum absolute atomic E-state index is 13.4. The Morgan fingerprint density at radius 3 is 2.34 bits per heavy atom. The van der Waals surface area contributed by atoms with Gasteiger partial charge in [-0.15, -0.1) is 0 Å². The average Bonchev–Trinajstić information content (AvgIpc) is 2.80. The molecule has 0 saturated heterocycles. The molecule has 3 aromatic rings. The van der Waals surface area contributed by atoms with Gasteiger partial charge in [0.05, 0.1) is 0 Å². The Bertz CT molecular complexity index is 1070. The number of nitrogens with zero attached hydrogens (tertiary/aromatic N) is 1. The van der Waals surface area contributed by atoms with Gasteiger partial charge >= 0.3 is 0 Å². The summed E-state index contributed by atoms with van der Waals surface area (Å²) in [6, 6.07) is 18.8. The van der Waals surface area contributed by atoms with Crippen molar-refractivity contribution in [1.29, 1.82) is 0 Å². The van der Waals surface area contributed by atoms with Crippen LogP contribution in [0.2, 0.25) is 10.0 Å². The zero-order valence-electron chi connectivity index (χ0n) is 18.4. The molecule has 0 saturated carbocycles. The van der Waals surface area contributed by atoms with E-state index in [0.717, 1.165) is 22.8 Å². The predicted molar refractivity (Wildman–Crippen MR) is 132 cm³/mol. The molecule has 0 fully saturated rings. The highest BCUT2D eigenvalue weighted by molar-refractivity contribution is 6.36. The van der Waals surface area contributed by atoms with E-state index in [4.69, 9.17) is 23.2 Å². The zero-order chi connectivity index (χ0) is 23.1. The van der Waals surface area contributed by atoms with E-state index in [1.807, 2.05) is 31.2 Å². The third kappa shape index (κ3) is 5.81. The molecule has 1 atom stereocenters. The van der Waals surface area contributed by atoms with E-state index >= 15 is 0 Å². The summed E-state index contributed by atoms with van der Waals surface area (Å²) in [6.07, 6.45) is 1.68. The Kier molecular flexibility index (Phi) is 8.54. The Morgan fingerprint density at radius 1 is 0.969 bits per heavy atom. The van der Waals surface area contributed by atoms with Gasteiger partial charge in [0.15, 0.2) is 0 Å². The van der Waals surface area contributed by atoms with Gasteiger partial charge in [-0.1, -0.05) is 78.7 Å². The Balaban J connectivity index is 1.82. The van der Waals surface area contributed by atoms with Gasteiger partial charge in [0, 0.05) is 35.1 Å². The summed E-state index contributed by atoms with van der Waals surface area (Å²) in [5.74, 6) is -0.304. The molecule has 3 aromatic carbocycles. The van der Waals surface area contributed by atoms with Crippen LogP contribution in [0.5, 0.6) is 0 Å². The van der Waals surface area contributed by atoms with Crippen LogP contribution in [0, 0.1) is 0 Å². The Morgan fingerprint density at radius 2 is 1.62 bits per heavy atom. The number of hydrogen-bond donors (Lipinski definition) is 1. The van der Waals surface area contributed by atoms with Gasteiger partial charge in [-0.05, 0) is 48.2 Å². The van der Waals surface area contributed by atoms with Crippen LogP contribution in [0.3, 0.4) is 0 Å². The SMILES string of the molecule is CCCNC(=O)[C@@H](C)N(Cc1c(Cl)cccc1Cl)C(=O)CCc1cccc2ccccc12. The normalized spacial score (nSPS) is 11.9. The maximum Gasteiger partial charge on any atom is 0.242 e. The summed E-state index contributed by atoms with van der Waals surface area (Å²) in [6.45, 7) is 4.47. The van der Waals surface area contributed by atoms with Crippen LogP contribution in [0.4, 0.5) is 0 Å². The molecule has 3 rings (SSSR count). The molecular weight excluding hydrogens is 443 g/mol. The lowest BCUT2D eigenvalue weighted by Crippen LogP contribution is -2.47. The minimum absolute atomic E-state index is 0.118. The fraction of sp³-hybridized carbons (Fsp3) is 0.308. The van der Waals surface area contributed by atoms with Gasteiger partial charge in [0.2, 0.25) is 11.8 Å². The van der Waals surface area contributed by atoms with Crippen LogP contribution < -0.4 is 5.32 Å². The van der Waals surface area contributed by atoms with Crippen LogP contribution in [-0.4, -0.2) is 29.3 Å². The molecule has 4 nitrogen and oxygen atoms in total. The molecule has 0 heterocycles. The van der Waals surface area contributed by atoms with E-state index in [9.17, 15) is 9.59 Å². The van der Waals surface area contributed by atoms with Gasteiger partial charge in [0.25, 0.3) is 0 Å². The summed E-state index contributed by atoms with van der Waals surface area (Å²) in [7, 11) is 0. The topological polar surface area (TPSA) is 49.4 Å². The molecule has 2 amide bonds. The lowest BCUT2D eigenvalue weighted by atomic mass is 10.0. The highest BCUT2D eigenvalue weighted by Crippen LogP contribution is 2.27. The molecular formula is C26H28Cl2N2O2. The van der Waals surface area contributed by atoms with Crippen LogP contribution in [-0.2, 0) is 22.6 Å². The molecule has 0 aliphatic carbocycles. The minimum Gasteiger partial charge on any atom is -0.354 e. The molecule has 0 bridgehead atoms. The van der Waals surface area contributed by atoms with Crippen LogP contribution in [0.1, 0.15) is 37.8 Å². The second-order valence-corrected chi connectivity index (χ2v) is 8.64. The van der Waals surface area contributed by atoms with Gasteiger partial charge in [-0.25, -0.2) is 0 Å². The lowest BCUT2D eigenvalue weighted by molar-refractivity contribution is -0.140. The van der Waals surface area contributed by atoms with Crippen molar-refractivity contribution in [3.63, 3.8) is 0 Å². The van der Waals surface area contributed by atoms with Crippen molar-refractivity contribution in [3.05, 3.63) is 81.8 Å². The molecule has 0 aliphatic rings. The van der Waals surface area contributed by atoms with Gasteiger partial charge in [0.1, 0.15) is 6.04 Å². The predicted octanol–water partition coefficient (Wildman–Crippen LogP) is 6.02. The lowest BCUT2D eigenvalue weighted by Gasteiger charge is -2.29. The van der Waals surface area contributed by atoms with Crippen molar-refractivity contribution in [2.24, 2.45) is 0 Å². The summed E-state index contributed by atoms with van der Waals surface area (Å²) in [4.78, 5) is 27.6. The zero-order valence-corrected chi connectivity index (χ0v) is 19.9. The smallest absolute Gasteiger partial charge is 0.242 e. The fourth-order valence-electron chi connectivity index (χ4n) is 3.73. The first-order valence-electron chi connectivity index (χ1n) is 10.9. The summed E-state index contributed by atoms with van der Waals surface area (Å²) >= 11 is 12.7.